The number of amides is 1. The Morgan fingerprint density at radius 1 is 1.44 bits per heavy atom. The van der Waals surface area contributed by atoms with Gasteiger partial charge in [0.05, 0.1) is 11.8 Å². The maximum absolute atomic E-state index is 11.6. The number of aryl methyl sites for hydroxylation is 1. The van der Waals surface area contributed by atoms with Gasteiger partial charge in [0.15, 0.2) is 0 Å². The van der Waals surface area contributed by atoms with Gasteiger partial charge in [-0.2, -0.15) is 5.26 Å². The molecule has 0 aliphatic carbocycles. The summed E-state index contributed by atoms with van der Waals surface area (Å²) in [5, 5.41) is 11.3. The monoisotopic (exact) mass is 241 g/mol. The summed E-state index contributed by atoms with van der Waals surface area (Å²) in [4.78, 5) is 15.6. The van der Waals surface area contributed by atoms with Crippen LogP contribution >= 0.6 is 0 Å². The minimum atomic E-state index is -0.136. The Bertz CT molecular complexity index is 553. The van der Waals surface area contributed by atoms with Crippen LogP contribution in [-0.4, -0.2) is 10.9 Å². The molecule has 0 bridgehead atoms. The molecule has 0 spiro atoms. The second-order valence-corrected chi connectivity index (χ2v) is 3.67. The van der Waals surface area contributed by atoms with Gasteiger partial charge in [-0.25, -0.2) is 4.98 Å². The highest BCUT2D eigenvalue weighted by Gasteiger charge is 2.05. The van der Waals surface area contributed by atoms with Gasteiger partial charge in [0.2, 0.25) is 5.91 Å². The number of carbonyl (C=O) groups is 1. The van der Waals surface area contributed by atoms with Crippen LogP contribution in [0.25, 0.3) is 0 Å². The fraction of sp³-hybridized carbons (Fsp3) is 0.154. The van der Waals surface area contributed by atoms with Crippen LogP contribution in [0, 0.1) is 11.3 Å². The summed E-state index contributed by atoms with van der Waals surface area (Å²) in [6, 6.07) is 8.78. The SMILES string of the molecule is N#Cc1ccc(NC(=O)CCc2ccco2)nc1. The number of nitrogens with zero attached hydrogens (tertiary/aromatic N) is 2. The molecule has 0 aliphatic heterocycles. The van der Waals surface area contributed by atoms with Crippen molar-refractivity contribution in [2.75, 3.05) is 5.32 Å². The van der Waals surface area contributed by atoms with Crippen molar-refractivity contribution >= 4 is 11.7 Å². The Kier molecular flexibility index (Phi) is 3.72. The summed E-state index contributed by atoms with van der Waals surface area (Å²) in [6.45, 7) is 0. The van der Waals surface area contributed by atoms with Crippen molar-refractivity contribution in [3.05, 3.63) is 48.0 Å². The summed E-state index contributed by atoms with van der Waals surface area (Å²) < 4.78 is 5.13. The van der Waals surface area contributed by atoms with E-state index in [1.165, 1.54) is 6.20 Å². The molecule has 0 aromatic carbocycles. The standard InChI is InChI=1S/C13H11N3O2/c14-8-10-3-5-12(15-9-10)16-13(17)6-4-11-2-1-7-18-11/h1-3,5,7,9H,4,6H2,(H,15,16,17). The number of carbonyl (C=O) groups excluding carboxylic acids is 1. The summed E-state index contributed by atoms with van der Waals surface area (Å²) in [5.41, 5.74) is 0.462. The van der Waals surface area contributed by atoms with Gasteiger partial charge in [-0.05, 0) is 24.3 Å². The van der Waals surface area contributed by atoms with E-state index in [1.807, 2.05) is 12.1 Å². The average molecular weight is 241 g/mol. The fourth-order valence-corrected chi connectivity index (χ4v) is 1.43. The number of furan rings is 1. The molecule has 2 rings (SSSR count). The van der Waals surface area contributed by atoms with Gasteiger partial charge in [0.25, 0.3) is 0 Å². The number of nitrogens with one attached hydrogen (secondary N) is 1. The molecule has 0 saturated carbocycles. The highest BCUT2D eigenvalue weighted by molar-refractivity contribution is 5.89. The fourth-order valence-electron chi connectivity index (χ4n) is 1.43. The van der Waals surface area contributed by atoms with E-state index < -0.39 is 0 Å². The lowest BCUT2D eigenvalue weighted by Gasteiger charge is -2.03. The van der Waals surface area contributed by atoms with E-state index in [1.54, 1.807) is 24.5 Å². The van der Waals surface area contributed by atoms with Crippen molar-refractivity contribution in [1.82, 2.24) is 4.98 Å². The second-order valence-electron chi connectivity index (χ2n) is 3.67. The number of hydrogen-bond acceptors (Lipinski definition) is 4. The molecule has 0 saturated heterocycles. The predicted molar refractivity (Wildman–Crippen MR) is 64.6 cm³/mol. The molecule has 0 unspecified atom stereocenters. The number of hydrogen-bond donors (Lipinski definition) is 1. The van der Waals surface area contributed by atoms with Crippen molar-refractivity contribution in [1.29, 1.82) is 5.26 Å². The molecule has 2 heterocycles. The van der Waals surface area contributed by atoms with Crippen LogP contribution in [0.15, 0.2) is 41.1 Å². The summed E-state index contributed by atoms with van der Waals surface area (Å²) >= 11 is 0. The van der Waals surface area contributed by atoms with E-state index in [0.717, 1.165) is 5.76 Å². The Morgan fingerprint density at radius 2 is 2.33 bits per heavy atom. The van der Waals surface area contributed by atoms with Gasteiger partial charge < -0.3 is 9.73 Å². The lowest BCUT2D eigenvalue weighted by atomic mass is 10.2. The maximum Gasteiger partial charge on any atom is 0.225 e. The normalized spacial score (nSPS) is 9.72. The molecule has 2 aromatic rings. The lowest BCUT2D eigenvalue weighted by Crippen LogP contribution is -2.13. The van der Waals surface area contributed by atoms with Crippen LogP contribution in [0.1, 0.15) is 17.7 Å². The topological polar surface area (TPSA) is 78.9 Å². The van der Waals surface area contributed by atoms with Crippen molar-refractivity contribution in [2.24, 2.45) is 0 Å². The zero-order valence-electron chi connectivity index (χ0n) is 9.59. The number of anilines is 1. The second kappa shape index (κ2) is 5.64. The largest absolute Gasteiger partial charge is 0.469 e. The molecular weight excluding hydrogens is 230 g/mol. The third kappa shape index (κ3) is 3.19. The summed E-state index contributed by atoms with van der Waals surface area (Å²) in [5.74, 6) is 1.08. The minimum absolute atomic E-state index is 0.136. The van der Waals surface area contributed by atoms with E-state index in [2.05, 4.69) is 10.3 Å². The van der Waals surface area contributed by atoms with Crippen molar-refractivity contribution < 1.29 is 9.21 Å². The highest BCUT2D eigenvalue weighted by Crippen LogP contribution is 2.07. The van der Waals surface area contributed by atoms with Crippen LogP contribution in [0.3, 0.4) is 0 Å². The number of rotatable bonds is 4. The van der Waals surface area contributed by atoms with Gasteiger partial charge in [0, 0.05) is 19.0 Å². The Balaban J connectivity index is 1.85. The summed E-state index contributed by atoms with van der Waals surface area (Å²) in [7, 11) is 0. The lowest BCUT2D eigenvalue weighted by molar-refractivity contribution is -0.116. The first-order valence-electron chi connectivity index (χ1n) is 5.46. The van der Waals surface area contributed by atoms with E-state index >= 15 is 0 Å². The Hall–Kier alpha value is -2.61. The molecule has 1 amide bonds. The van der Waals surface area contributed by atoms with Crippen LogP contribution < -0.4 is 5.32 Å². The minimum Gasteiger partial charge on any atom is -0.469 e. The molecule has 2 aromatic heterocycles. The van der Waals surface area contributed by atoms with Gasteiger partial charge in [0.1, 0.15) is 17.6 Å². The van der Waals surface area contributed by atoms with Gasteiger partial charge in [-0.15, -0.1) is 0 Å². The maximum atomic E-state index is 11.6. The predicted octanol–water partition coefficient (Wildman–Crippen LogP) is 2.12. The molecule has 0 radical (unpaired) electrons. The van der Waals surface area contributed by atoms with Gasteiger partial charge >= 0.3 is 0 Å². The molecule has 0 atom stereocenters. The Morgan fingerprint density at radius 3 is 2.94 bits per heavy atom. The van der Waals surface area contributed by atoms with E-state index in [4.69, 9.17) is 9.68 Å². The summed E-state index contributed by atoms with van der Waals surface area (Å²) in [6.07, 6.45) is 3.88. The van der Waals surface area contributed by atoms with Gasteiger partial charge in [-0.1, -0.05) is 0 Å². The van der Waals surface area contributed by atoms with Crippen molar-refractivity contribution in [3.63, 3.8) is 0 Å². The van der Waals surface area contributed by atoms with Gasteiger partial charge in [-0.3, -0.25) is 4.79 Å². The van der Waals surface area contributed by atoms with Crippen LogP contribution in [0.5, 0.6) is 0 Å². The molecular formula is C13H11N3O2. The van der Waals surface area contributed by atoms with Crippen molar-refractivity contribution in [3.8, 4) is 6.07 Å². The smallest absolute Gasteiger partial charge is 0.225 e. The first kappa shape index (κ1) is 11.9. The molecule has 90 valence electrons. The third-order valence-electron chi connectivity index (χ3n) is 2.34. The van der Waals surface area contributed by atoms with Crippen LogP contribution in [-0.2, 0) is 11.2 Å². The first-order valence-corrected chi connectivity index (χ1v) is 5.46. The van der Waals surface area contributed by atoms with Crippen LogP contribution in [0.4, 0.5) is 5.82 Å². The third-order valence-corrected chi connectivity index (χ3v) is 2.34. The number of aromatic nitrogens is 1. The number of pyridine rings is 1. The van der Waals surface area contributed by atoms with E-state index in [-0.39, 0.29) is 5.91 Å². The van der Waals surface area contributed by atoms with Crippen LogP contribution in [0.2, 0.25) is 0 Å². The molecule has 5 heteroatoms. The molecule has 0 aliphatic rings. The highest BCUT2D eigenvalue weighted by atomic mass is 16.3. The quantitative estimate of drug-likeness (QED) is 0.889. The molecule has 1 N–H and O–H groups in total. The van der Waals surface area contributed by atoms with Crippen molar-refractivity contribution in [2.45, 2.75) is 12.8 Å². The molecule has 18 heavy (non-hydrogen) atoms. The molecule has 5 nitrogen and oxygen atoms in total. The Labute approximate surface area is 104 Å². The zero-order chi connectivity index (χ0) is 12.8. The van der Waals surface area contributed by atoms with E-state index in [0.29, 0.717) is 24.2 Å². The molecule has 0 fully saturated rings. The average Bonchev–Trinajstić information content (AvgIpc) is 2.90. The van der Waals surface area contributed by atoms with E-state index in [9.17, 15) is 4.79 Å². The zero-order valence-corrected chi connectivity index (χ0v) is 9.59. The number of nitriles is 1. The first-order chi connectivity index (χ1) is 8.78.